The van der Waals surface area contributed by atoms with Crippen LogP contribution in [0.1, 0.15) is 47.0 Å². The van der Waals surface area contributed by atoms with Gasteiger partial charge in [-0.15, -0.1) is 0 Å². The molecule has 1 aliphatic carbocycles. The molecule has 0 bridgehead atoms. The first-order valence-corrected chi connectivity index (χ1v) is 6.27. The van der Waals surface area contributed by atoms with Gasteiger partial charge in [-0.25, -0.2) is 6.57 Å². The first-order valence-electron chi connectivity index (χ1n) is 6.27. The third-order valence-electron chi connectivity index (χ3n) is 4.16. The van der Waals surface area contributed by atoms with Gasteiger partial charge in [-0.3, -0.25) is 0 Å². The molecule has 0 spiro atoms. The van der Waals surface area contributed by atoms with Crippen LogP contribution in [-0.4, -0.2) is 24.4 Å². The second-order valence-corrected chi connectivity index (χ2v) is 5.92. The summed E-state index contributed by atoms with van der Waals surface area (Å²) in [4.78, 5) is 3.59. The van der Waals surface area contributed by atoms with E-state index in [4.69, 9.17) is 15.9 Å². The fourth-order valence-corrected chi connectivity index (χ4v) is 2.17. The molecule has 0 aromatic heterocycles. The molecule has 0 amide bonds. The standard InChI is InChI=1S/C13H20BNO2/c1-12(2)13(3,4)17-14(16-12)10-6-8-11(15-5)9-7-10/h6,11H,7-9H2,1-4H3. The summed E-state index contributed by atoms with van der Waals surface area (Å²) in [5, 5.41) is 0. The summed E-state index contributed by atoms with van der Waals surface area (Å²) in [6.07, 6.45) is 4.82. The second-order valence-electron chi connectivity index (χ2n) is 5.92. The molecule has 4 heteroatoms. The lowest BCUT2D eigenvalue weighted by Gasteiger charge is -2.32. The third kappa shape index (κ3) is 2.27. The van der Waals surface area contributed by atoms with Gasteiger partial charge in [-0.05, 0) is 39.6 Å². The van der Waals surface area contributed by atoms with Gasteiger partial charge in [0.1, 0.15) is 0 Å². The van der Waals surface area contributed by atoms with Gasteiger partial charge in [-0.2, -0.15) is 0 Å². The molecule has 0 radical (unpaired) electrons. The Bertz CT molecular complexity index is 365. The molecular formula is C13H20BNO2. The summed E-state index contributed by atoms with van der Waals surface area (Å²) < 4.78 is 12.0. The topological polar surface area (TPSA) is 22.8 Å². The Balaban J connectivity index is 2.08. The Kier molecular flexibility index (Phi) is 3.09. The van der Waals surface area contributed by atoms with E-state index in [1.807, 2.05) is 0 Å². The van der Waals surface area contributed by atoms with Crippen LogP contribution in [0.4, 0.5) is 0 Å². The minimum atomic E-state index is -0.269. The first kappa shape index (κ1) is 12.7. The van der Waals surface area contributed by atoms with Crippen molar-refractivity contribution in [2.75, 3.05) is 0 Å². The molecule has 0 aromatic carbocycles. The summed E-state index contributed by atoms with van der Waals surface area (Å²) in [6.45, 7) is 15.3. The van der Waals surface area contributed by atoms with E-state index in [1.165, 1.54) is 5.47 Å². The van der Waals surface area contributed by atoms with Gasteiger partial charge in [0.05, 0.1) is 11.2 Å². The fraction of sp³-hybridized carbons (Fsp3) is 0.769. The molecule has 92 valence electrons. The normalized spacial score (nSPS) is 30.9. The molecule has 1 heterocycles. The van der Waals surface area contributed by atoms with Crippen LogP contribution < -0.4 is 0 Å². The molecule has 3 nitrogen and oxygen atoms in total. The zero-order valence-corrected chi connectivity index (χ0v) is 11.1. The van der Waals surface area contributed by atoms with Crippen molar-refractivity contribution in [3.8, 4) is 0 Å². The molecule has 1 atom stereocenters. The van der Waals surface area contributed by atoms with Crippen molar-refractivity contribution in [1.82, 2.24) is 0 Å². The Hall–Kier alpha value is -0.785. The minimum absolute atomic E-state index is 0.154. The van der Waals surface area contributed by atoms with Gasteiger partial charge in [0, 0.05) is 12.8 Å². The number of hydrogen-bond donors (Lipinski definition) is 0. The molecule has 1 aliphatic heterocycles. The predicted octanol–water partition coefficient (Wildman–Crippen LogP) is 3.02. The fourth-order valence-electron chi connectivity index (χ4n) is 2.17. The zero-order valence-electron chi connectivity index (χ0n) is 11.1. The van der Waals surface area contributed by atoms with E-state index in [-0.39, 0.29) is 24.4 Å². The van der Waals surface area contributed by atoms with Crippen molar-refractivity contribution < 1.29 is 9.31 Å². The van der Waals surface area contributed by atoms with Crippen molar-refractivity contribution in [3.05, 3.63) is 23.0 Å². The van der Waals surface area contributed by atoms with E-state index < -0.39 is 0 Å². The van der Waals surface area contributed by atoms with E-state index in [2.05, 4.69) is 38.6 Å². The molecule has 0 N–H and O–H groups in total. The average molecular weight is 233 g/mol. The Morgan fingerprint density at radius 2 is 1.88 bits per heavy atom. The molecule has 1 saturated heterocycles. The Morgan fingerprint density at radius 3 is 2.29 bits per heavy atom. The van der Waals surface area contributed by atoms with E-state index in [9.17, 15) is 0 Å². The summed E-state index contributed by atoms with van der Waals surface area (Å²) in [7, 11) is -0.216. The van der Waals surface area contributed by atoms with Crippen LogP contribution in [0.3, 0.4) is 0 Å². The van der Waals surface area contributed by atoms with Gasteiger partial charge >= 0.3 is 7.12 Å². The minimum Gasteiger partial charge on any atom is -0.400 e. The summed E-state index contributed by atoms with van der Waals surface area (Å²) in [5.41, 5.74) is 0.674. The van der Waals surface area contributed by atoms with Gasteiger partial charge in [-0.1, -0.05) is 6.08 Å². The number of hydrogen-bond acceptors (Lipinski definition) is 2. The van der Waals surface area contributed by atoms with Crippen LogP contribution in [0.5, 0.6) is 0 Å². The maximum atomic E-state index is 7.03. The van der Waals surface area contributed by atoms with Crippen molar-refractivity contribution in [2.45, 2.75) is 64.2 Å². The van der Waals surface area contributed by atoms with E-state index in [0.717, 1.165) is 19.3 Å². The highest BCUT2D eigenvalue weighted by Gasteiger charge is 2.52. The number of nitrogens with zero attached hydrogens (tertiary/aromatic N) is 1. The lowest BCUT2D eigenvalue weighted by atomic mass is 9.72. The van der Waals surface area contributed by atoms with Crippen LogP contribution in [0.15, 0.2) is 11.5 Å². The predicted molar refractivity (Wildman–Crippen MR) is 68.4 cm³/mol. The molecule has 17 heavy (non-hydrogen) atoms. The lowest BCUT2D eigenvalue weighted by Crippen LogP contribution is -2.41. The highest BCUT2D eigenvalue weighted by molar-refractivity contribution is 6.54. The van der Waals surface area contributed by atoms with Crippen LogP contribution >= 0.6 is 0 Å². The van der Waals surface area contributed by atoms with Crippen LogP contribution in [0.2, 0.25) is 0 Å². The second kappa shape index (κ2) is 4.15. The molecule has 1 unspecified atom stereocenters. The largest absolute Gasteiger partial charge is 0.490 e. The lowest BCUT2D eigenvalue weighted by molar-refractivity contribution is 0.00578. The van der Waals surface area contributed by atoms with Gasteiger partial charge in [0.25, 0.3) is 0 Å². The number of allylic oxidation sites excluding steroid dienone is 1. The zero-order chi connectivity index (χ0) is 12.7. The Morgan fingerprint density at radius 1 is 1.29 bits per heavy atom. The van der Waals surface area contributed by atoms with E-state index >= 15 is 0 Å². The maximum Gasteiger partial charge on any atom is 0.490 e. The Labute approximate surface area is 104 Å². The monoisotopic (exact) mass is 233 g/mol. The van der Waals surface area contributed by atoms with Crippen molar-refractivity contribution >= 4 is 7.12 Å². The van der Waals surface area contributed by atoms with Gasteiger partial charge < -0.3 is 14.2 Å². The summed E-state index contributed by atoms with van der Waals surface area (Å²) in [5.74, 6) is 0. The molecule has 1 fully saturated rings. The van der Waals surface area contributed by atoms with E-state index in [1.54, 1.807) is 0 Å². The van der Waals surface area contributed by atoms with Crippen LogP contribution in [-0.2, 0) is 9.31 Å². The van der Waals surface area contributed by atoms with Gasteiger partial charge in [0.15, 0.2) is 0 Å². The van der Waals surface area contributed by atoms with Crippen LogP contribution in [0, 0.1) is 6.57 Å². The molecule has 0 saturated carbocycles. The average Bonchev–Trinajstić information content (AvgIpc) is 2.48. The van der Waals surface area contributed by atoms with Crippen LogP contribution in [0.25, 0.3) is 4.85 Å². The van der Waals surface area contributed by atoms with Crippen molar-refractivity contribution in [3.63, 3.8) is 0 Å². The van der Waals surface area contributed by atoms with E-state index in [0.29, 0.717) is 0 Å². The van der Waals surface area contributed by atoms with Crippen molar-refractivity contribution in [1.29, 1.82) is 0 Å². The molecular weight excluding hydrogens is 213 g/mol. The highest BCUT2D eigenvalue weighted by Crippen LogP contribution is 2.40. The number of rotatable bonds is 1. The first-order chi connectivity index (χ1) is 7.86. The molecule has 0 aromatic rings. The summed E-state index contributed by atoms with van der Waals surface area (Å²) in [6, 6.07) is 0.154. The highest BCUT2D eigenvalue weighted by atomic mass is 16.7. The molecule has 2 rings (SSSR count). The SMILES string of the molecule is [C-]#[N+]C1CC=C(B2OC(C)(C)C(C)(C)O2)CC1. The molecule has 2 aliphatic rings. The van der Waals surface area contributed by atoms with Crippen molar-refractivity contribution in [2.24, 2.45) is 0 Å². The quantitative estimate of drug-likeness (QED) is 0.513. The maximum absolute atomic E-state index is 7.03. The third-order valence-corrected chi connectivity index (χ3v) is 4.16. The smallest absolute Gasteiger partial charge is 0.400 e. The van der Waals surface area contributed by atoms with Gasteiger partial charge in [0.2, 0.25) is 6.04 Å². The summed E-state index contributed by atoms with van der Waals surface area (Å²) >= 11 is 0.